The van der Waals surface area contributed by atoms with E-state index in [1.807, 2.05) is 0 Å². The molecule has 0 spiro atoms. The minimum Gasteiger partial charge on any atom is -0.394 e. The third kappa shape index (κ3) is 4.85. The van der Waals surface area contributed by atoms with E-state index in [9.17, 15) is 28.2 Å². The Morgan fingerprint density at radius 1 is 1.35 bits per heavy atom. The lowest BCUT2D eigenvalue weighted by Crippen LogP contribution is -2.55. The summed E-state index contributed by atoms with van der Waals surface area (Å²) in [5.41, 5.74) is -0.773. The van der Waals surface area contributed by atoms with Crippen LogP contribution in [0.4, 0.5) is 13.2 Å². The summed E-state index contributed by atoms with van der Waals surface area (Å²) in [6.45, 7) is -0.513. The van der Waals surface area contributed by atoms with Crippen LogP contribution in [0, 0.1) is 17.5 Å². The molecular formula is C18H21F3N4O5S. The number of carbonyl (C=O) groups is 1. The number of aromatic nitrogens is 3. The molecule has 2 heterocycles. The van der Waals surface area contributed by atoms with Crippen molar-refractivity contribution in [1.82, 2.24) is 20.3 Å². The first-order valence-electron chi connectivity index (χ1n) is 9.16. The van der Waals surface area contributed by atoms with Crippen molar-refractivity contribution in [2.75, 3.05) is 26.5 Å². The van der Waals surface area contributed by atoms with Crippen LogP contribution >= 0.6 is 11.8 Å². The molecule has 3 rings (SSSR count). The van der Waals surface area contributed by atoms with E-state index >= 15 is 0 Å². The molecule has 1 fully saturated rings. The van der Waals surface area contributed by atoms with Gasteiger partial charge < -0.3 is 25.0 Å². The molecular weight excluding hydrogens is 441 g/mol. The van der Waals surface area contributed by atoms with E-state index in [1.165, 1.54) is 25.0 Å². The highest BCUT2D eigenvalue weighted by Crippen LogP contribution is 2.37. The number of halogens is 3. The Hall–Kier alpha value is -2.19. The lowest BCUT2D eigenvalue weighted by atomic mass is 9.97. The summed E-state index contributed by atoms with van der Waals surface area (Å²) in [5.74, 6) is -4.57. The number of aliphatic hydroxyl groups excluding tert-OH is 2. The molecule has 1 aliphatic rings. The fourth-order valence-corrected chi connectivity index (χ4v) is 4.38. The number of methoxy groups -OCH3 is 1. The molecule has 2 aromatic rings. The van der Waals surface area contributed by atoms with E-state index in [2.05, 4.69) is 15.6 Å². The Balaban J connectivity index is 1.92. The molecule has 1 aromatic heterocycles. The van der Waals surface area contributed by atoms with E-state index < -0.39 is 53.8 Å². The van der Waals surface area contributed by atoms with E-state index in [-0.39, 0.29) is 22.9 Å². The van der Waals surface area contributed by atoms with Gasteiger partial charge in [0.05, 0.1) is 18.6 Å². The Kier molecular flexibility index (Phi) is 7.54. The van der Waals surface area contributed by atoms with Crippen molar-refractivity contribution in [1.29, 1.82) is 0 Å². The van der Waals surface area contributed by atoms with Crippen molar-refractivity contribution in [3.05, 3.63) is 35.8 Å². The Bertz CT molecular complexity index is 910. The van der Waals surface area contributed by atoms with Crippen molar-refractivity contribution in [3.63, 3.8) is 0 Å². The first-order valence-corrected chi connectivity index (χ1v) is 10.2. The Labute approximate surface area is 179 Å². The molecule has 1 amide bonds. The molecule has 1 aromatic carbocycles. The van der Waals surface area contributed by atoms with Crippen LogP contribution in [0.5, 0.6) is 0 Å². The van der Waals surface area contributed by atoms with Crippen LogP contribution in [-0.4, -0.2) is 81.4 Å². The minimum absolute atomic E-state index is 0.0291. The lowest BCUT2D eigenvalue weighted by Gasteiger charge is -2.43. The zero-order chi connectivity index (χ0) is 22.7. The van der Waals surface area contributed by atoms with Gasteiger partial charge in [0.2, 0.25) is 5.91 Å². The van der Waals surface area contributed by atoms with Gasteiger partial charge in [-0.15, -0.1) is 16.9 Å². The second-order valence-electron chi connectivity index (χ2n) is 6.73. The van der Waals surface area contributed by atoms with Gasteiger partial charge in [0, 0.05) is 19.7 Å². The van der Waals surface area contributed by atoms with Crippen molar-refractivity contribution >= 4 is 17.7 Å². The van der Waals surface area contributed by atoms with Gasteiger partial charge in [0.25, 0.3) is 0 Å². The maximum atomic E-state index is 13.6. The van der Waals surface area contributed by atoms with Gasteiger partial charge in [-0.05, 0) is 12.1 Å². The number of nitrogens with one attached hydrogen (secondary N) is 1. The minimum atomic E-state index is -1.60. The molecule has 9 nitrogen and oxygen atoms in total. The summed E-state index contributed by atoms with van der Waals surface area (Å²) in [5, 5.41) is 30.6. The molecule has 1 aliphatic heterocycles. The number of aliphatic hydroxyl groups is 2. The quantitative estimate of drug-likeness (QED) is 0.509. The van der Waals surface area contributed by atoms with Crippen molar-refractivity contribution in [3.8, 4) is 11.3 Å². The van der Waals surface area contributed by atoms with Crippen LogP contribution in [0.1, 0.15) is 6.04 Å². The van der Waals surface area contributed by atoms with Crippen LogP contribution in [0.2, 0.25) is 0 Å². The summed E-state index contributed by atoms with van der Waals surface area (Å²) >= 11 is 1.11. The van der Waals surface area contributed by atoms with Gasteiger partial charge in [-0.3, -0.25) is 4.79 Å². The van der Waals surface area contributed by atoms with Crippen LogP contribution in [-0.2, 0) is 14.3 Å². The van der Waals surface area contributed by atoms with Gasteiger partial charge in [-0.1, -0.05) is 5.21 Å². The normalized spacial score (nSPS) is 26.1. The van der Waals surface area contributed by atoms with Crippen molar-refractivity contribution in [2.45, 2.75) is 29.8 Å². The first kappa shape index (κ1) is 23.5. The summed E-state index contributed by atoms with van der Waals surface area (Å²) in [7, 11) is 2.86. The summed E-state index contributed by atoms with van der Waals surface area (Å²) < 4.78 is 52.8. The molecule has 0 unspecified atom stereocenters. The molecule has 13 heteroatoms. The summed E-state index contributed by atoms with van der Waals surface area (Å²) in [6.07, 6.45) is -1.79. The summed E-state index contributed by atoms with van der Waals surface area (Å²) in [6, 6.07) is 0.647. The average molecular weight is 462 g/mol. The monoisotopic (exact) mass is 462 g/mol. The highest BCUT2D eigenvalue weighted by atomic mass is 32.2. The van der Waals surface area contributed by atoms with Crippen LogP contribution < -0.4 is 5.32 Å². The van der Waals surface area contributed by atoms with Crippen LogP contribution in [0.25, 0.3) is 11.3 Å². The Morgan fingerprint density at radius 2 is 2.03 bits per heavy atom. The number of rotatable bonds is 7. The highest BCUT2D eigenvalue weighted by molar-refractivity contribution is 8.00. The smallest absolute Gasteiger partial charge is 0.229 e. The van der Waals surface area contributed by atoms with E-state index in [1.54, 1.807) is 0 Å². The molecule has 170 valence electrons. The molecule has 0 aliphatic carbocycles. The number of hydrogen-bond donors (Lipinski definition) is 3. The molecule has 0 saturated carbocycles. The largest absolute Gasteiger partial charge is 0.394 e. The fraction of sp³-hybridized carbons (Fsp3) is 0.500. The highest BCUT2D eigenvalue weighted by Gasteiger charge is 2.47. The van der Waals surface area contributed by atoms with Crippen LogP contribution in [0.15, 0.2) is 18.3 Å². The lowest BCUT2D eigenvalue weighted by molar-refractivity contribution is -0.186. The molecule has 5 atom stereocenters. The number of amides is 1. The second-order valence-corrected chi connectivity index (χ2v) is 7.82. The molecule has 0 bridgehead atoms. The number of carbonyl (C=O) groups excluding carboxylic acids is 1. The third-order valence-electron chi connectivity index (χ3n) is 4.85. The van der Waals surface area contributed by atoms with Gasteiger partial charge >= 0.3 is 0 Å². The van der Waals surface area contributed by atoms with E-state index in [4.69, 9.17) is 9.47 Å². The van der Waals surface area contributed by atoms with Gasteiger partial charge in [0.1, 0.15) is 35.5 Å². The molecule has 1 saturated heterocycles. The predicted molar refractivity (Wildman–Crippen MR) is 103 cm³/mol. The average Bonchev–Trinajstić information content (AvgIpc) is 3.25. The van der Waals surface area contributed by atoms with Crippen molar-refractivity contribution in [2.24, 2.45) is 0 Å². The SMILES string of the molecule is CNC(=O)CS[C@@H]1O[C@H](CO)[C@H](O)[C@H](n2cc(-c3cc(F)c(F)c(F)c3)nn2)[C@H]1OC. The zero-order valence-electron chi connectivity index (χ0n) is 16.5. The predicted octanol–water partition coefficient (Wildman–Crippen LogP) is 0.476. The molecule has 3 N–H and O–H groups in total. The zero-order valence-corrected chi connectivity index (χ0v) is 17.4. The first-order chi connectivity index (χ1) is 14.8. The topological polar surface area (TPSA) is 119 Å². The third-order valence-corrected chi connectivity index (χ3v) is 5.99. The number of nitrogens with zero attached hydrogens (tertiary/aromatic N) is 3. The second kappa shape index (κ2) is 9.96. The maximum Gasteiger partial charge on any atom is 0.229 e. The van der Waals surface area contributed by atoms with E-state index in [0.717, 1.165) is 23.9 Å². The van der Waals surface area contributed by atoms with Gasteiger partial charge in [-0.25, -0.2) is 17.9 Å². The summed E-state index contributed by atoms with van der Waals surface area (Å²) in [4.78, 5) is 11.6. The number of ether oxygens (including phenoxy) is 2. The maximum absolute atomic E-state index is 13.6. The molecule has 0 radical (unpaired) electrons. The van der Waals surface area contributed by atoms with Crippen LogP contribution in [0.3, 0.4) is 0 Å². The van der Waals surface area contributed by atoms with Crippen molar-refractivity contribution < 1.29 is 37.7 Å². The molecule has 31 heavy (non-hydrogen) atoms. The van der Waals surface area contributed by atoms with Gasteiger partial charge in [0.15, 0.2) is 17.5 Å². The number of hydrogen-bond acceptors (Lipinski definition) is 8. The van der Waals surface area contributed by atoms with E-state index in [0.29, 0.717) is 0 Å². The number of thioether (sulfide) groups is 1. The fourth-order valence-electron chi connectivity index (χ4n) is 3.24. The standard InChI is InChI=1S/C18H21F3N4O5S/c1-22-13(27)7-31-18-17(29-2)15(16(28)12(6-26)30-18)25-5-11(23-24-25)8-3-9(19)14(21)10(20)4-8/h3-5,12,15-18,26,28H,6-7H2,1-2H3,(H,22,27)/t12-,15+,16+,17-,18+/m1/s1. The Morgan fingerprint density at radius 3 is 2.61 bits per heavy atom. The van der Waals surface area contributed by atoms with Gasteiger partial charge in [-0.2, -0.15) is 0 Å². The number of benzene rings is 1.